The minimum atomic E-state index is 0.503. The van der Waals surface area contributed by atoms with Crippen molar-refractivity contribution in [2.75, 3.05) is 0 Å². The van der Waals surface area contributed by atoms with Crippen molar-refractivity contribution in [3.05, 3.63) is 126 Å². The lowest BCUT2D eigenvalue weighted by Crippen LogP contribution is -2.00. The highest BCUT2D eigenvalue weighted by atomic mass is 35.5. The lowest BCUT2D eigenvalue weighted by Gasteiger charge is -2.11. The predicted octanol–water partition coefficient (Wildman–Crippen LogP) is 9.09. The monoisotopic (exact) mass is 509 g/mol. The zero-order chi connectivity index (χ0) is 25.5. The van der Waals surface area contributed by atoms with Crippen LogP contribution in [0.1, 0.15) is 0 Å². The summed E-state index contributed by atoms with van der Waals surface area (Å²) >= 11 is 6.84. The van der Waals surface area contributed by atoms with E-state index in [0.717, 1.165) is 49.8 Å². The van der Waals surface area contributed by atoms with Crippen LogP contribution in [0.5, 0.6) is 0 Å². The molecule has 0 aliphatic carbocycles. The maximum Gasteiger partial charge on any atom is 0.166 e. The standard InChI is InChI=1S/C33H20ClN3O/c34-26-19-20-28-29(25-13-7-8-14-27(25)38-28)30(26)33-36-31(23-11-5-2-6-12-23)35-32(37-33)24-17-15-22(16-18-24)21-9-3-1-4-10-21/h1-20H. The van der Waals surface area contributed by atoms with Crippen LogP contribution in [0.15, 0.2) is 126 Å². The average molecular weight is 510 g/mol. The van der Waals surface area contributed by atoms with Gasteiger partial charge < -0.3 is 4.42 Å². The molecule has 38 heavy (non-hydrogen) atoms. The van der Waals surface area contributed by atoms with Gasteiger partial charge in [-0.25, -0.2) is 15.0 Å². The molecular weight excluding hydrogens is 490 g/mol. The van der Waals surface area contributed by atoms with E-state index < -0.39 is 0 Å². The highest BCUT2D eigenvalue weighted by molar-refractivity contribution is 6.35. The Labute approximate surface area is 224 Å². The summed E-state index contributed by atoms with van der Waals surface area (Å²) in [4.78, 5) is 14.7. The van der Waals surface area contributed by atoms with Gasteiger partial charge in [0, 0.05) is 27.5 Å². The number of nitrogens with zero attached hydrogens (tertiary/aromatic N) is 3. The number of halogens is 1. The van der Waals surface area contributed by atoms with Gasteiger partial charge in [-0.2, -0.15) is 0 Å². The normalized spacial score (nSPS) is 11.3. The SMILES string of the molecule is Clc1ccc2oc3ccccc3c2c1-c1nc(-c2ccccc2)nc(-c2ccc(-c3ccccc3)cc2)n1. The molecule has 0 spiro atoms. The topological polar surface area (TPSA) is 51.8 Å². The van der Waals surface area contributed by atoms with E-state index in [1.54, 1.807) is 0 Å². The second-order valence-electron chi connectivity index (χ2n) is 9.01. The summed E-state index contributed by atoms with van der Waals surface area (Å²) in [5.74, 6) is 1.66. The Morgan fingerprint density at radius 2 is 0.974 bits per heavy atom. The van der Waals surface area contributed by atoms with Gasteiger partial charge in [0.1, 0.15) is 11.2 Å². The first kappa shape index (κ1) is 22.4. The van der Waals surface area contributed by atoms with Gasteiger partial charge in [-0.15, -0.1) is 0 Å². The zero-order valence-electron chi connectivity index (χ0n) is 20.2. The number of aromatic nitrogens is 3. The highest BCUT2D eigenvalue weighted by Gasteiger charge is 2.20. The molecule has 5 aromatic carbocycles. The van der Waals surface area contributed by atoms with Crippen molar-refractivity contribution >= 4 is 33.5 Å². The van der Waals surface area contributed by atoms with Crippen molar-refractivity contribution in [2.24, 2.45) is 0 Å². The maximum atomic E-state index is 6.84. The highest BCUT2D eigenvalue weighted by Crippen LogP contribution is 2.40. The van der Waals surface area contributed by atoms with Gasteiger partial charge in [0.15, 0.2) is 17.5 Å². The second kappa shape index (κ2) is 9.25. The summed E-state index contributed by atoms with van der Waals surface area (Å²) in [6, 6.07) is 40.2. The van der Waals surface area contributed by atoms with Crippen molar-refractivity contribution in [3.63, 3.8) is 0 Å². The van der Waals surface area contributed by atoms with Gasteiger partial charge in [0.2, 0.25) is 0 Å². The van der Waals surface area contributed by atoms with Crippen molar-refractivity contribution in [1.82, 2.24) is 15.0 Å². The summed E-state index contributed by atoms with van der Waals surface area (Å²) in [6.07, 6.45) is 0. The molecule has 0 unspecified atom stereocenters. The first-order valence-corrected chi connectivity index (χ1v) is 12.7. The third kappa shape index (κ3) is 3.92. The fraction of sp³-hybridized carbons (Fsp3) is 0. The minimum absolute atomic E-state index is 0.503. The molecule has 0 amide bonds. The molecule has 0 aliphatic rings. The van der Waals surface area contributed by atoms with Gasteiger partial charge in [0.25, 0.3) is 0 Å². The van der Waals surface area contributed by atoms with Crippen molar-refractivity contribution in [3.8, 4) is 45.3 Å². The van der Waals surface area contributed by atoms with Crippen LogP contribution in [-0.2, 0) is 0 Å². The van der Waals surface area contributed by atoms with E-state index in [1.807, 2.05) is 97.1 Å². The fourth-order valence-electron chi connectivity index (χ4n) is 4.79. The number of fused-ring (bicyclic) bond motifs is 3. The van der Waals surface area contributed by atoms with E-state index in [1.165, 1.54) is 0 Å². The van der Waals surface area contributed by atoms with Crippen molar-refractivity contribution in [2.45, 2.75) is 0 Å². The summed E-state index contributed by atoms with van der Waals surface area (Å²) in [6.45, 7) is 0. The number of furan rings is 1. The number of benzene rings is 5. The molecule has 0 N–H and O–H groups in total. The fourth-order valence-corrected chi connectivity index (χ4v) is 5.03. The summed E-state index contributed by atoms with van der Waals surface area (Å²) in [5, 5.41) is 2.42. The van der Waals surface area contributed by atoms with E-state index in [4.69, 9.17) is 31.0 Å². The van der Waals surface area contributed by atoms with Gasteiger partial charge in [-0.05, 0) is 29.3 Å². The summed E-state index contributed by atoms with van der Waals surface area (Å²) in [7, 11) is 0. The Morgan fingerprint density at radius 3 is 1.68 bits per heavy atom. The molecule has 4 nitrogen and oxygen atoms in total. The Balaban J connectivity index is 1.45. The van der Waals surface area contributed by atoms with E-state index >= 15 is 0 Å². The molecular formula is C33H20ClN3O. The average Bonchev–Trinajstić information content (AvgIpc) is 3.36. The summed E-state index contributed by atoms with van der Waals surface area (Å²) < 4.78 is 6.12. The molecule has 0 fully saturated rings. The molecule has 0 bridgehead atoms. The number of para-hydroxylation sites is 1. The Kier molecular flexibility index (Phi) is 5.46. The Morgan fingerprint density at radius 1 is 0.447 bits per heavy atom. The van der Waals surface area contributed by atoms with Gasteiger partial charge in [-0.3, -0.25) is 0 Å². The number of rotatable bonds is 4. The Bertz CT molecular complexity index is 1910. The van der Waals surface area contributed by atoms with E-state index in [9.17, 15) is 0 Å². The first-order chi connectivity index (χ1) is 18.7. The number of hydrogen-bond donors (Lipinski definition) is 0. The van der Waals surface area contributed by atoms with Crippen LogP contribution in [0.2, 0.25) is 5.02 Å². The molecule has 0 radical (unpaired) electrons. The molecule has 2 heterocycles. The maximum absolute atomic E-state index is 6.84. The summed E-state index contributed by atoms with van der Waals surface area (Å²) in [5.41, 5.74) is 6.34. The van der Waals surface area contributed by atoms with Crippen molar-refractivity contribution < 1.29 is 4.42 Å². The third-order valence-electron chi connectivity index (χ3n) is 6.63. The first-order valence-electron chi connectivity index (χ1n) is 12.3. The molecule has 0 saturated carbocycles. The lowest BCUT2D eigenvalue weighted by molar-refractivity contribution is 0.669. The van der Waals surface area contributed by atoms with E-state index in [2.05, 4.69) is 24.3 Å². The van der Waals surface area contributed by atoms with Crippen LogP contribution in [0.25, 0.3) is 67.2 Å². The number of hydrogen-bond acceptors (Lipinski definition) is 4. The largest absolute Gasteiger partial charge is 0.456 e. The molecule has 0 atom stereocenters. The quantitative estimate of drug-likeness (QED) is 0.237. The molecule has 180 valence electrons. The lowest BCUT2D eigenvalue weighted by atomic mass is 10.0. The molecule has 5 heteroatoms. The Hall–Kier alpha value is -4.80. The van der Waals surface area contributed by atoms with Gasteiger partial charge in [-0.1, -0.05) is 115 Å². The molecule has 2 aromatic heterocycles. The minimum Gasteiger partial charge on any atom is -0.456 e. The van der Waals surface area contributed by atoms with Gasteiger partial charge >= 0.3 is 0 Å². The molecule has 0 saturated heterocycles. The van der Waals surface area contributed by atoms with Crippen LogP contribution in [0.3, 0.4) is 0 Å². The van der Waals surface area contributed by atoms with E-state index in [0.29, 0.717) is 22.5 Å². The zero-order valence-corrected chi connectivity index (χ0v) is 20.9. The second-order valence-corrected chi connectivity index (χ2v) is 9.42. The van der Waals surface area contributed by atoms with Crippen LogP contribution < -0.4 is 0 Å². The third-order valence-corrected chi connectivity index (χ3v) is 6.95. The van der Waals surface area contributed by atoms with Crippen LogP contribution in [0, 0.1) is 0 Å². The van der Waals surface area contributed by atoms with Crippen LogP contribution >= 0.6 is 11.6 Å². The smallest absolute Gasteiger partial charge is 0.166 e. The molecule has 7 rings (SSSR count). The van der Waals surface area contributed by atoms with Crippen molar-refractivity contribution in [1.29, 1.82) is 0 Å². The van der Waals surface area contributed by atoms with Crippen LogP contribution in [0.4, 0.5) is 0 Å². The van der Waals surface area contributed by atoms with E-state index in [-0.39, 0.29) is 0 Å². The van der Waals surface area contributed by atoms with Gasteiger partial charge in [0.05, 0.1) is 5.02 Å². The van der Waals surface area contributed by atoms with Crippen LogP contribution in [-0.4, -0.2) is 15.0 Å². The molecule has 7 aromatic rings. The molecule has 0 aliphatic heterocycles. The predicted molar refractivity (Wildman–Crippen MR) is 154 cm³/mol.